The number of rotatable bonds is 4. The van der Waals surface area contributed by atoms with E-state index in [1.807, 2.05) is 6.92 Å². The molecule has 0 saturated heterocycles. The van der Waals surface area contributed by atoms with Gasteiger partial charge in [-0.2, -0.15) is 0 Å². The minimum absolute atomic E-state index is 0.151. The van der Waals surface area contributed by atoms with E-state index in [1.54, 1.807) is 0 Å². The van der Waals surface area contributed by atoms with Gasteiger partial charge in [-0.15, -0.1) is 6.42 Å². The van der Waals surface area contributed by atoms with Crippen molar-refractivity contribution in [3.63, 3.8) is 0 Å². The fraction of sp³-hybridized carbons (Fsp3) is 0.778. The standard InChI is InChI=1S/C9H16O2/c1-5-9(10)6-11-8(4)7(2)3/h1,7-10H,6H2,2-4H3. The minimum atomic E-state index is -0.767. The molecule has 0 amide bonds. The van der Waals surface area contributed by atoms with E-state index < -0.39 is 6.10 Å². The highest BCUT2D eigenvalue weighted by Crippen LogP contribution is 2.04. The predicted molar refractivity (Wildman–Crippen MR) is 45.1 cm³/mol. The van der Waals surface area contributed by atoms with Gasteiger partial charge in [0.05, 0.1) is 12.7 Å². The zero-order valence-corrected chi connectivity index (χ0v) is 7.37. The Bertz CT molecular complexity index is 135. The van der Waals surface area contributed by atoms with Crippen molar-refractivity contribution in [3.05, 3.63) is 0 Å². The first kappa shape index (κ1) is 10.5. The van der Waals surface area contributed by atoms with Crippen LogP contribution in [-0.4, -0.2) is 23.9 Å². The van der Waals surface area contributed by atoms with Crippen LogP contribution in [0.15, 0.2) is 0 Å². The lowest BCUT2D eigenvalue weighted by molar-refractivity contribution is -0.00277. The Morgan fingerprint density at radius 3 is 2.36 bits per heavy atom. The van der Waals surface area contributed by atoms with E-state index in [2.05, 4.69) is 19.8 Å². The first-order chi connectivity index (χ1) is 5.07. The van der Waals surface area contributed by atoms with Crippen molar-refractivity contribution in [3.8, 4) is 12.3 Å². The topological polar surface area (TPSA) is 29.5 Å². The quantitative estimate of drug-likeness (QED) is 0.616. The molecule has 0 aromatic heterocycles. The molecular formula is C9H16O2. The highest BCUT2D eigenvalue weighted by molar-refractivity contribution is 4.93. The maximum absolute atomic E-state index is 8.93. The van der Waals surface area contributed by atoms with Crippen LogP contribution in [0.5, 0.6) is 0 Å². The van der Waals surface area contributed by atoms with Crippen molar-refractivity contribution in [2.24, 2.45) is 5.92 Å². The van der Waals surface area contributed by atoms with Gasteiger partial charge in [-0.3, -0.25) is 0 Å². The van der Waals surface area contributed by atoms with Crippen LogP contribution in [0, 0.1) is 18.3 Å². The Morgan fingerprint density at radius 2 is 2.00 bits per heavy atom. The molecule has 0 aliphatic heterocycles. The smallest absolute Gasteiger partial charge is 0.137 e. The second-order valence-electron chi connectivity index (χ2n) is 2.96. The number of aliphatic hydroxyl groups excluding tert-OH is 1. The minimum Gasteiger partial charge on any atom is -0.378 e. The molecule has 2 heteroatoms. The molecule has 0 heterocycles. The van der Waals surface area contributed by atoms with Crippen molar-refractivity contribution in [2.45, 2.75) is 33.0 Å². The van der Waals surface area contributed by atoms with Crippen LogP contribution in [0.2, 0.25) is 0 Å². The van der Waals surface area contributed by atoms with Gasteiger partial charge in [0.1, 0.15) is 6.10 Å². The van der Waals surface area contributed by atoms with Gasteiger partial charge in [0.25, 0.3) is 0 Å². The maximum Gasteiger partial charge on any atom is 0.137 e. The Morgan fingerprint density at radius 1 is 1.45 bits per heavy atom. The highest BCUT2D eigenvalue weighted by Gasteiger charge is 2.08. The molecule has 0 aliphatic rings. The Labute approximate surface area is 68.6 Å². The van der Waals surface area contributed by atoms with Gasteiger partial charge in [0.15, 0.2) is 0 Å². The molecule has 0 fully saturated rings. The summed E-state index contributed by atoms with van der Waals surface area (Å²) in [6.45, 7) is 6.32. The number of aliphatic hydroxyl groups is 1. The van der Waals surface area contributed by atoms with Crippen molar-refractivity contribution >= 4 is 0 Å². The van der Waals surface area contributed by atoms with Crippen LogP contribution in [0.3, 0.4) is 0 Å². The third-order valence-electron chi connectivity index (χ3n) is 1.65. The molecule has 0 aromatic carbocycles. The number of ether oxygens (including phenoxy) is 1. The first-order valence-electron chi connectivity index (χ1n) is 3.83. The molecule has 0 saturated carbocycles. The molecule has 0 spiro atoms. The Kier molecular flexibility index (Phi) is 4.93. The molecular weight excluding hydrogens is 140 g/mol. The maximum atomic E-state index is 8.93. The van der Waals surface area contributed by atoms with Crippen LogP contribution in [0.4, 0.5) is 0 Å². The summed E-state index contributed by atoms with van der Waals surface area (Å²) in [7, 11) is 0. The van der Waals surface area contributed by atoms with Crippen LogP contribution < -0.4 is 0 Å². The average molecular weight is 156 g/mol. The highest BCUT2D eigenvalue weighted by atomic mass is 16.5. The summed E-state index contributed by atoms with van der Waals surface area (Å²) in [6.07, 6.45) is 4.34. The van der Waals surface area contributed by atoms with Gasteiger partial charge < -0.3 is 9.84 Å². The van der Waals surface area contributed by atoms with E-state index in [4.69, 9.17) is 16.3 Å². The van der Waals surface area contributed by atoms with Crippen LogP contribution in [-0.2, 0) is 4.74 Å². The Balaban J connectivity index is 3.47. The van der Waals surface area contributed by atoms with Crippen molar-refractivity contribution in [2.75, 3.05) is 6.61 Å². The fourth-order valence-corrected chi connectivity index (χ4v) is 0.483. The average Bonchev–Trinajstić information content (AvgIpc) is 1.99. The summed E-state index contributed by atoms with van der Waals surface area (Å²) in [5.41, 5.74) is 0. The summed E-state index contributed by atoms with van der Waals surface area (Å²) < 4.78 is 5.26. The van der Waals surface area contributed by atoms with E-state index in [9.17, 15) is 0 Å². The molecule has 0 rings (SSSR count). The van der Waals surface area contributed by atoms with Crippen LogP contribution in [0.25, 0.3) is 0 Å². The summed E-state index contributed by atoms with van der Waals surface area (Å²) >= 11 is 0. The molecule has 11 heavy (non-hydrogen) atoms. The number of hydrogen-bond donors (Lipinski definition) is 1. The van der Waals surface area contributed by atoms with E-state index in [0.29, 0.717) is 5.92 Å². The van der Waals surface area contributed by atoms with E-state index in [0.717, 1.165) is 0 Å². The second-order valence-corrected chi connectivity index (χ2v) is 2.96. The van der Waals surface area contributed by atoms with Gasteiger partial charge in [0, 0.05) is 0 Å². The molecule has 2 atom stereocenters. The fourth-order valence-electron chi connectivity index (χ4n) is 0.483. The monoisotopic (exact) mass is 156 g/mol. The molecule has 1 N–H and O–H groups in total. The summed E-state index contributed by atoms with van der Waals surface area (Å²) in [6, 6.07) is 0. The van der Waals surface area contributed by atoms with Crippen LogP contribution in [0.1, 0.15) is 20.8 Å². The van der Waals surface area contributed by atoms with Gasteiger partial charge in [-0.25, -0.2) is 0 Å². The lowest BCUT2D eigenvalue weighted by atomic mass is 10.1. The Hall–Kier alpha value is -0.520. The largest absolute Gasteiger partial charge is 0.378 e. The van der Waals surface area contributed by atoms with Gasteiger partial charge in [-0.1, -0.05) is 19.8 Å². The van der Waals surface area contributed by atoms with Gasteiger partial charge in [-0.05, 0) is 12.8 Å². The van der Waals surface area contributed by atoms with Crippen molar-refractivity contribution in [1.82, 2.24) is 0 Å². The number of terminal acetylenes is 1. The second kappa shape index (κ2) is 5.17. The molecule has 2 nitrogen and oxygen atoms in total. The molecule has 64 valence electrons. The van der Waals surface area contributed by atoms with Gasteiger partial charge in [0.2, 0.25) is 0 Å². The lowest BCUT2D eigenvalue weighted by Crippen LogP contribution is -2.21. The summed E-state index contributed by atoms with van der Waals surface area (Å²) in [5, 5.41) is 8.93. The SMILES string of the molecule is C#CC(O)COC(C)C(C)C. The zero-order chi connectivity index (χ0) is 8.85. The van der Waals surface area contributed by atoms with Gasteiger partial charge >= 0.3 is 0 Å². The third-order valence-corrected chi connectivity index (χ3v) is 1.65. The van der Waals surface area contributed by atoms with Crippen LogP contribution >= 0.6 is 0 Å². The normalized spacial score (nSPS) is 16.0. The molecule has 2 unspecified atom stereocenters. The lowest BCUT2D eigenvalue weighted by Gasteiger charge is -2.16. The molecule has 0 aliphatic carbocycles. The summed E-state index contributed by atoms with van der Waals surface area (Å²) in [5.74, 6) is 2.65. The van der Waals surface area contributed by atoms with Crippen molar-refractivity contribution < 1.29 is 9.84 Å². The molecule has 0 radical (unpaired) electrons. The molecule has 0 bridgehead atoms. The van der Waals surface area contributed by atoms with E-state index in [-0.39, 0.29) is 12.7 Å². The molecule has 0 aromatic rings. The van der Waals surface area contributed by atoms with E-state index in [1.165, 1.54) is 0 Å². The van der Waals surface area contributed by atoms with E-state index >= 15 is 0 Å². The first-order valence-corrected chi connectivity index (χ1v) is 3.83. The number of hydrogen-bond acceptors (Lipinski definition) is 2. The predicted octanol–water partition coefficient (Wildman–Crippen LogP) is 1.04. The zero-order valence-electron chi connectivity index (χ0n) is 7.37. The third kappa shape index (κ3) is 4.83. The van der Waals surface area contributed by atoms with Crippen molar-refractivity contribution in [1.29, 1.82) is 0 Å². The summed E-state index contributed by atoms with van der Waals surface area (Å²) in [4.78, 5) is 0.